The molecule has 94 valence electrons. The number of benzene rings is 1. The largest absolute Gasteiger partial charge is 0.497 e. The Hall–Kier alpha value is -2.23. The van der Waals surface area contributed by atoms with Crippen LogP contribution in [-0.2, 0) is 11.2 Å². The third-order valence-electron chi connectivity index (χ3n) is 2.84. The second kappa shape index (κ2) is 4.96. The monoisotopic (exact) mass is 245 g/mol. The highest BCUT2D eigenvalue weighted by molar-refractivity contribution is 6.06. The molecule has 1 aromatic carbocycles. The van der Waals surface area contributed by atoms with E-state index in [0.29, 0.717) is 17.7 Å². The third-order valence-corrected chi connectivity index (χ3v) is 2.84. The topological polar surface area (TPSA) is 51.3 Å². The van der Waals surface area contributed by atoms with Crippen molar-refractivity contribution in [3.8, 4) is 5.75 Å². The Morgan fingerprint density at radius 3 is 2.83 bits per heavy atom. The van der Waals surface area contributed by atoms with Gasteiger partial charge in [-0.2, -0.15) is 0 Å². The first kappa shape index (κ1) is 12.2. The first-order valence-electron chi connectivity index (χ1n) is 5.58. The zero-order valence-corrected chi connectivity index (χ0v) is 10.4. The smallest absolute Gasteiger partial charge is 0.338 e. The average Bonchev–Trinajstić information content (AvgIpc) is 2.80. The van der Waals surface area contributed by atoms with Gasteiger partial charge >= 0.3 is 5.97 Å². The molecule has 0 aliphatic carbocycles. The van der Waals surface area contributed by atoms with Crippen LogP contribution in [0.25, 0.3) is 10.9 Å². The molecule has 0 aliphatic heterocycles. The molecule has 0 aliphatic rings. The maximum absolute atomic E-state index is 11.8. The number of aromatic nitrogens is 1. The van der Waals surface area contributed by atoms with Crippen molar-refractivity contribution in [1.29, 1.82) is 0 Å². The number of hydrogen-bond donors (Lipinski definition) is 1. The summed E-state index contributed by atoms with van der Waals surface area (Å²) in [6, 6.07) is 3.54. The Labute approximate surface area is 105 Å². The van der Waals surface area contributed by atoms with Gasteiger partial charge in [-0.1, -0.05) is 6.08 Å². The van der Waals surface area contributed by atoms with Gasteiger partial charge in [-0.05, 0) is 18.1 Å². The third kappa shape index (κ3) is 1.97. The van der Waals surface area contributed by atoms with Gasteiger partial charge in [0.2, 0.25) is 0 Å². The van der Waals surface area contributed by atoms with Crippen LogP contribution >= 0.6 is 0 Å². The van der Waals surface area contributed by atoms with Gasteiger partial charge in [-0.3, -0.25) is 0 Å². The highest BCUT2D eigenvalue weighted by Gasteiger charge is 2.16. The molecule has 4 heteroatoms. The molecule has 0 bridgehead atoms. The summed E-state index contributed by atoms with van der Waals surface area (Å²) in [6.07, 6.45) is 4.36. The normalized spacial score (nSPS) is 10.3. The molecular formula is C14H15NO3. The maximum Gasteiger partial charge on any atom is 0.338 e. The van der Waals surface area contributed by atoms with Crippen LogP contribution < -0.4 is 4.74 Å². The van der Waals surface area contributed by atoms with Crippen molar-refractivity contribution in [2.45, 2.75) is 6.42 Å². The van der Waals surface area contributed by atoms with Gasteiger partial charge in [0.25, 0.3) is 0 Å². The highest BCUT2D eigenvalue weighted by Crippen LogP contribution is 2.28. The predicted molar refractivity (Wildman–Crippen MR) is 70.1 cm³/mol. The number of nitrogens with one attached hydrogen (secondary N) is 1. The molecule has 0 radical (unpaired) electrons. The molecule has 1 N–H and O–H groups in total. The molecule has 2 aromatic rings. The number of allylic oxidation sites excluding steroid dienone is 1. The van der Waals surface area contributed by atoms with Crippen LogP contribution in [0.2, 0.25) is 0 Å². The fraction of sp³-hybridized carbons (Fsp3) is 0.214. The van der Waals surface area contributed by atoms with Gasteiger partial charge < -0.3 is 14.5 Å². The lowest BCUT2D eigenvalue weighted by Crippen LogP contribution is -2.03. The maximum atomic E-state index is 11.8. The van der Waals surface area contributed by atoms with E-state index in [0.717, 1.165) is 16.5 Å². The van der Waals surface area contributed by atoms with Gasteiger partial charge in [0, 0.05) is 17.6 Å². The van der Waals surface area contributed by atoms with E-state index < -0.39 is 0 Å². The van der Waals surface area contributed by atoms with Gasteiger partial charge in [0.05, 0.1) is 25.3 Å². The van der Waals surface area contributed by atoms with Gasteiger partial charge in [0.15, 0.2) is 0 Å². The number of hydrogen-bond acceptors (Lipinski definition) is 3. The molecule has 0 spiro atoms. The first-order valence-corrected chi connectivity index (χ1v) is 5.58. The van der Waals surface area contributed by atoms with Gasteiger partial charge in [-0.25, -0.2) is 4.79 Å². The number of carbonyl (C=O) groups excluding carboxylic acids is 1. The van der Waals surface area contributed by atoms with Crippen molar-refractivity contribution in [2.75, 3.05) is 14.2 Å². The SMILES string of the molecule is C=CCc1c[nH]c2cc(OC)cc(C(=O)OC)c12. The van der Waals surface area contributed by atoms with Crippen molar-refractivity contribution in [2.24, 2.45) is 0 Å². The molecule has 18 heavy (non-hydrogen) atoms. The number of ether oxygens (including phenoxy) is 2. The number of aromatic amines is 1. The lowest BCUT2D eigenvalue weighted by Gasteiger charge is -2.06. The minimum atomic E-state index is -0.371. The van der Waals surface area contributed by atoms with Crippen LogP contribution in [0.15, 0.2) is 31.0 Å². The minimum absolute atomic E-state index is 0.371. The van der Waals surface area contributed by atoms with Crippen LogP contribution in [-0.4, -0.2) is 25.2 Å². The summed E-state index contributed by atoms with van der Waals surface area (Å²) in [6.45, 7) is 3.72. The lowest BCUT2D eigenvalue weighted by atomic mass is 10.0. The standard InChI is InChI=1S/C14H15NO3/c1-4-5-9-8-15-12-7-10(17-2)6-11(13(9)12)14(16)18-3/h4,6-8,15H,1,5H2,2-3H3. The molecular weight excluding hydrogens is 230 g/mol. The van der Waals surface area contributed by atoms with E-state index in [1.807, 2.05) is 12.3 Å². The Kier molecular flexibility index (Phi) is 3.37. The van der Waals surface area contributed by atoms with Crippen molar-refractivity contribution >= 4 is 16.9 Å². The number of H-pyrrole nitrogens is 1. The van der Waals surface area contributed by atoms with Crippen molar-refractivity contribution in [3.05, 3.63) is 42.1 Å². The quantitative estimate of drug-likeness (QED) is 0.665. The van der Waals surface area contributed by atoms with Crippen LogP contribution in [0, 0.1) is 0 Å². The minimum Gasteiger partial charge on any atom is -0.497 e. The Morgan fingerprint density at radius 1 is 1.44 bits per heavy atom. The average molecular weight is 245 g/mol. The van der Waals surface area contributed by atoms with E-state index >= 15 is 0 Å². The Balaban J connectivity index is 2.72. The predicted octanol–water partition coefficient (Wildman–Crippen LogP) is 2.69. The Morgan fingerprint density at radius 2 is 2.22 bits per heavy atom. The molecule has 0 amide bonds. The van der Waals surface area contributed by atoms with E-state index in [1.54, 1.807) is 19.3 Å². The Bertz CT molecular complexity index is 598. The molecule has 0 atom stereocenters. The fourth-order valence-electron chi connectivity index (χ4n) is 2.02. The second-order valence-electron chi connectivity index (χ2n) is 3.90. The fourth-order valence-corrected chi connectivity index (χ4v) is 2.02. The van der Waals surface area contributed by atoms with Gasteiger partial charge in [0.1, 0.15) is 5.75 Å². The molecule has 0 saturated carbocycles. The van der Waals surface area contributed by atoms with Gasteiger partial charge in [-0.15, -0.1) is 6.58 Å². The summed E-state index contributed by atoms with van der Waals surface area (Å²) in [7, 11) is 2.93. The summed E-state index contributed by atoms with van der Waals surface area (Å²) >= 11 is 0. The molecule has 0 unspecified atom stereocenters. The molecule has 0 fully saturated rings. The summed E-state index contributed by atoms with van der Waals surface area (Å²) in [5, 5.41) is 0.863. The number of esters is 1. The summed E-state index contributed by atoms with van der Waals surface area (Å²) in [4.78, 5) is 15.0. The van der Waals surface area contributed by atoms with E-state index in [9.17, 15) is 4.79 Å². The summed E-state index contributed by atoms with van der Waals surface area (Å²) in [5.41, 5.74) is 2.37. The summed E-state index contributed by atoms with van der Waals surface area (Å²) < 4.78 is 9.99. The molecule has 2 rings (SSSR count). The van der Waals surface area contributed by atoms with Crippen LogP contribution in [0.1, 0.15) is 15.9 Å². The van der Waals surface area contributed by atoms with Crippen LogP contribution in [0.3, 0.4) is 0 Å². The summed E-state index contributed by atoms with van der Waals surface area (Å²) in [5.74, 6) is 0.249. The van der Waals surface area contributed by atoms with Crippen LogP contribution in [0.5, 0.6) is 5.75 Å². The van der Waals surface area contributed by atoms with Crippen molar-refractivity contribution < 1.29 is 14.3 Å². The zero-order valence-electron chi connectivity index (χ0n) is 10.4. The molecule has 1 aromatic heterocycles. The molecule has 1 heterocycles. The van der Waals surface area contributed by atoms with E-state index in [2.05, 4.69) is 11.6 Å². The second-order valence-corrected chi connectivity index (χ2v) is 3.90. The number of methoxy groups -OCH3 is 2. The van der Waals surface area contributed by atoms with Crippen molar-refractivity contribution in [3.63, 3.8) is 0 Å². The lowest BCUT2D eigenvalue weighted by molar-refractivity contribution is 0.0602. The van der Waals surface area contributed by atoms with E-state index in [1.165, 1.54) is 7.11 Å². The number of fused-ring (bicyclic) bond motifs is 1. The van der Waals surface area contributed by atoms with Crippen molar-refractivity contribution in [1.82, 2.24) is 4.98 Å². The first-order chi connectivity index (χ1) is 8.71. The molecule has 4 nitrogen and oxygen atoms in total. The van der Waals surface area contributed by atoms with Crippen LogP contribution in [0.4, 0.5) is 0 Å². The van der Waals surface area contributed by atoms with E-state index in [4.69, 9.17) is 9.47 Å². The number of carbonyl (C=O) groups is 1. The van der Waals surface area contributed by atoms with E-state index in [-0.39, 0.29) is 5.97 Å². The molecule has 0 saturated heterocycles. The highest BCUT2D eigenvalue weighted by atomic mass is 16.5. The number of rotatable bonds is 4. The zero-order chi connectivity index (χ0) is 13.1.